The zero-order valence-corrected chi connectivity index (χ0v) is 15.1. The van der Waals surface area contributed by atoms with Crippen LogP contribution in [-0.4, -0.2) is 49.5 Å². The molecule has 0 radical (unpaired) electrons. The Balaban J connectivity index is 1.83. The molecule has 136 valence electrons. The molecule has 1 amide bonds. The van der Waals surface area contributed by atoms with Gasteiger partial charge in [0.25, 0.3) is 5.91 Å². The van der Waals surface area contributed by atoms with Gasteiger partial charge in [-0.3, -0.25) is 4.79 Å². The van der Waals surface area contributed by atoms with Crippen LogP contribution in [0.3, 0.4) is 0 Å². The van der Waals surface area contributed by atoms with Crippen molar-refractivity contribution < 1.29 is 17.9 Å². The molecule has 0 atom stereocenters. The van der Waals surface area contributed by atoms with Gasteiger partial charge < -0.3 is 14.6 Å². The lowest BCUT2D eigenvalue weighted by Gasteiger charge is -2.25. The molecule has 1 aromatic carbocycles. The predicted molar refractivity (Wildman–Crippen MR) is 97.3 cm³/mol. The minimum atomic E-state index is -3.65. The second kappa shape index (κ2) is 7.33. The van der Waals surface area contributed by atoms with Crippen LogP contribution in [0.1, 0.15) is 16.1 Å². The third kappa shape index (κ3) is 3.65. The Kier molecular flexibility index (Phi) is 5.13. The van der Waals surface area contributed by atoms with E-state index in [2.05, 4.69) is 11.2 Å². The van der Waals surface area contributed by atoms with Crippen molar-refractivity contribution >= 4 is 21.6 Å². The number of sulfonamides is 1. The van der Waals surface area contributed by atoms with Crippen molar-refractivity contribution in [2.75, 3.05) is 31.6 Å². The average molecular weight is 373 g/mol. The normalized spacial score (nSPS) is 15.4. The third-order valence-electron chi connectivity index (χ3n) is 4.11. The maximum Gasteiger partial charge on any atom is 0.272 e. The molecule has 3 rings (SSSR count). The molecule has 1 aliphatic rings. The van der Waals surface area contributed by atoms with Crippen LogP contribution in [0.2, 0.25) is 0 Å². The summed E-state index contributed by atoms with van der Waals surface area (Å²) in [5.74, 6) is 2.09. The number of rotatable bonds is 4. The van der Waals surface area contributed by atoms with E-state index >= 15 is 0 Å². The van der Waals surface area contributed by atoms with E-state index in [9.17, 15) is 13.2 Å². The van der Waals surface area contributed by atoms with Crippen LogP contribution in [0.4, 0.5) is 5.69 Å². The number of benzene rings is 1. The summed E-state index contributed by atoms with van der Waals surface area (Å²) in [7, 11) is -2.02. The van der Waals surface area contributed by atoms with Crippen LogP contribution >= 0.6 is 0 Å². The lowest BCUT2D eigenvalue weighted by atomic mass is 10.2. The van der Waals surface area contributed by atoms with Gasteiger partial charge in [-0.1, -0.05) is 12.0 Å². The standard InChI is InChI=1S/C18H19N3O4S/c1-3-14-5-4-6-15(11-14)19-18(22)17-12-16(13-20(17)2)26(23,24)21-7-9-25-10-8-21/h1,4-6,11-13H,7-10H2,2H3,(H,19,22). The van der Waals surface area contributed by atoms with E-state index in [-0.39, 0.29) is 10.6 Å². The van der Waals surface area contributed by atoms with Gasteiger partial charge in [0.1, 0.15) is 10.6 Å². The molecule has 1 N–H and O–H groups in total. The number of ether oxygens (including phenoxy) is 1. The van der Waals surface area contributed by atoms with Gasteiger partial charge >= 0.3 is 0 Å². The Morgan fingerprint density at radius 3 is 2.69 bits per heavy atom. The summed E-state index contributed by atoms with van der Waals surface area (Å²) >= 11 is 0. The first-order valence-electron chi connectivity index (χ1n) is 8.04. The van der Waals surface area contributed by atoms with Crippen molar-refractivity contribution in [3.63, 3.8) is 0 Å². The van der Waals surface area contributed by atoms with E-state index in [1.54, 1.807) is 31.3 Å². The molecule has 26 heavy (non-hydrogen) atoms. The summed E-state index contributed by atoms with van der Waals surface area (Å²) in [6.07, 6.45) is 6.80. The van der Waals surface area contributed by atoms with Crippen molar-refractivity contribution in [2.24, 2.45) is 7.05 Å². The van der Waals surface area contributed by atoms with Gasteiger partial charge in [0.05, 0.1) is 13.2 Å². The van der Waals surface area contributed by atoms with E-state index in [1.807, 2.05) is 0 Å². The highest BCUT2D eigenvalue weighted by molar-refractivity contribution is 7.89. The first-order valence-corrected chi connectivity index (χ1v) is 9.48. The Bertz CT molecular complexity index is 967. The van der Waals surface area contributed by atoms with E-state index in [4.69, 9.17) is 11.2 Å². The second-order valence-electron chi connectivity index (χ2n) is 5.87. The topological polar surface area (TPSA) is 80.6 Å². The lowest BCUT2D eigenvalue weighted by molar-refractivity contribution is 0.0730. The Hall–Kier alpha value is -2.60. The minimum absolute atomic E-state index is 0.0874. The van der Waals surface area contributed by atoms with Gasteiger partial charge in [-0.2, -0.15) is 4.31 Å². The van der Waals surface area contributed by atoms with E-state index in [1.165, 1.54) is 21.1 Å². The van der Waals surface area contributed by atoms with Crippen molar-refractivity contribution in [2.45, 2.75) is 4.90 Å². The zero-order valence-electron chi connectivity index (χ0n) is 14.3. The maximum atomic E-state index is 12.7. The predicted octanol–water partition coefficient (Wildman–Crippen LogP) is 1.28. The first kappa shape index (κ1) is 18.2. The van der Waals surface area contributed by atoms with Crippen molar-refractivity contribution in [3.05, 3.63) is 47.8 Å². The second-order valence-corrected chi connectivity index (χ2v) is 7.81. The summed E-state index contributed by atoms with van der Waals surface area (Å²) in [6, 6.07) is 8.26. The Morgan fingerprint density at radius 2 is 2.00 bits per heavy atom. The van der Waals surface area contributed by atoms with Crippen LogP contribution in [0.15, 0.2) is 41.4 Å². The Morgan fingerprint density at radius 1 is 1.27 bits per heavy atom. The van der Waals surface area contributed by atoms with Gasteiger partial charge in [0.15, 0.2) is 0 Å². The van der Waals surface area contributed by atoms with Gasteiger partial charge in [-0.05, 0) is 24.3 Å². The van der Waals surface area contributed by atoms with Gasteiger partial charge in [0, 0.05) is 37.6 Å². The van der Waals surface area contributed by atoms with Crippen LogP contribution in [0, 0.1) is 12.3 Å². The number of amides is 1. The van der Waals surface area contributed by atoms with Gasteiger partial charge in [-0.25, -0.2) is 8.42 Å². The fraction of sp³-hybridized carbons (Fsp3) is 0.278. The number of carbonyl (C=O) groups is 1. The van der Waals surface area contributed by atoms with Crippen molar-refractivity contribution in [1.82, 2.24) is 8.87 Å². The first-order chi connectivity index (χ1) is 12.4. The molecule has 1 aromatic heterocycles. The van der Waals surface area contributed by atoms with Gasteiger partial charge in [-0.15, -0.1) is 6.42 Å². The highest BCUT2D eigenvalue weighted by Crippen LogP contribution is 2.20. The van der Waals surface area contributed by atoms with Crippen molar-refractivity contribution in [3.8, 4) is 12.3 Å². The summed E-state index contributed by atoms with van der Waals surface area (Å²) in [5, 5.41) is 2.73. The smallest absolute Gasteiger partial charge is 0.272 e. The molecule has 1 fully saturated rings. The lowest BCUT2D eigenvalue weighted by Crippen LogP contribution is -2.40. The molecule has 0 spiro atoms. The molecule has 2 aromatic rings. The fourth-order valence-corrected chi connectivity index (χ4v) is 4.20. The molecule has 0 unspecified atom stereocenters. The minimum Gasteiger partial charge on any atom is -0.379 e. The van der Waals surface area contributed by atoms with E-state index in [0.29, 0.717) is 37.6 Å². The summed E-state index contributed by atoms with van der Waals surface area (Å²) in [4.78, 5) is 12.6. The quantitative estimate of drug-likeness (QED) is 0.819. The number of hydrogen-bond donors (Lipinski definition) is 1. The number of anilines is 1. The maximum absolute atomic E-state index is 12.7. The SMILES string of the molecule is C#Cc1cccc(NC(=O)c2cc(S(=O)(=O)N3CCOCC3)cn2C)c1. The van der Waals surface area contributed by atoms with Crippen LogP contribution in [0.5, 0.6) is 0 Å². The van der Waals surface area contributed by atoms with Crippen LogP contribution in [-0.2, 0) is 21.8 Å². The van der Waals surface area contributed by atoms with Crippen molar-refractivity contribution in [1.29, 1.82) is 0 Å². The van der Waals surface area contributed by atoms with E-state index < -0.39 is 15.9 Å². The fourth-order valence-electron chi connectivity index (χ4n) is 2.72. The van der Waals surface area contributed by atoms with Crippen LogP contribution < -0.4 is 5.32 Å². The molecule has 0 saturated carbocycles. The summed E-state index contributed by atoms with van der Waals surface area (Å²) < 4.78 is 33.5. The largest absolute Gasteiger partial charge is 0.379 e. The molecule has 0 aliphatic carbocycles. The van der Waals surface area contributed by atoms with Crippen LogP contribution in [0.25, 0.3) is 0 Å². The highest BCUT2D eigenvalue weighted by atomic mass is 32.2. The summed E-state index contributed by atoms with van der Waals surface area (Å²) in [6.45, 7) is 1.34. The monoisotopic (exact) mass is 373 g/mol. The number of terminal acetylenes is 1. The third-order valence-corrected chi connectivity index (χ3v) is 5.97. The molecule has 7 nitrogen and oxygen atoms in total. The number of aromatic nitrogens is 1. The average Bonchev–Trinajstić information content (AvgIpc) is 3.05. The number of morpholine rings is 1. The molecule has 1 aliphatic heterocycles. The van der Waals surface area contributed by atoms with Gasteiger partial charge in [0.2, 0.25) is 10.0 Å². The molecule has 2 heterocycles. The number of aryl methyl sites for hydroxylation is 1. The molecule has 1 saturated heterocycles. The highest BCUT2D eigenvalue weighted by Gasteiger charge is 2.28. The number of hydrogen-bond acceptors (Lipinski definition) is 4. The molecule has 0 bridgehead atoms. The Labute approximate surface area is 152 Å². The molecular formula is C18H19N3O4S. The molecule has 8 heteroatoms. The number of nitrogens with zero attached hydrogens (tertiary/aromatic N) is 2. The number of nitrogens with one attached hydrogen (secondary N) is 1. The zero-order chi connectivity index (χ0) is 18.7. The number of carbonyl (C=O) groups excluding carboxylic acids is 1. The summed E-state index contributed by atoms with van der Waals surface area (Å²) in [5.41, 5.74) is 1.43. The van der Waals surface area contributed by atoms with E-state index in [0.717, 1.165) is 0 Å². The molecular weight excluding hydrogens is 354 g/mol.